The monoisotopic (exact) mass is 1260 g/mol. The van der Waals surface area contributed by atoms with Gasteiger partial charge >= 0.3 is 6.18 Å². The standard InChI is InChI=1S/C88H56BF3N6/c90-88(91,92)69-44-46-79(74(56-69)87-94-85(61-33-15-5-16-34-61)93-86(95-87)62-35-17-6-18-36-62)98-77-40-22-19-37-72(77)73-53-63(43-45-78(73)98)68-54-82-84-83(55-68)97(71-51-66(59-29-11-3-12-30-59)48-67(52-71)60-31-13-4-14-32-60)81-42-24-21-39-76(81)89(84)75-38-20-23-41-80(75)96(82)70-49-64(57-25-7-1-8-26-57)47-65(50-70)58-27-9-2-10-28-58/h1-56H. The summed E-state index contributed by atoms with van der Waals surface area (Å²) in [4.78, 5) is 19.9. The van der Waals surface area contributed by atoms with Gasteiger partial charge in [-0.25, -0.2) is 15.0 Å². The van der Waals surface area contributed by atoms with Crippen molar-refractivity contribution in [1.29, 1.82) is 0 Å². The van der Waals surface area contributed by atoms with Crippen molar-refractivity contribution >= 4 is 79.0 Å². The quantitative estimate of drug-likeness (QED) is 0.121. The Labute approximate surface area is 565 Å². The highest BCUT2D eigenvalue weighted by atomic mass is 19.4. The van der Waals surface area contributed by atoms with Gasteiger partial charge in [0.2, 0.25) is 0 Å². The molecule has 2 aliphatic rings. The van der Waals surface area contributed by atoms with E-state index in [4.69, 9.17) is 15.0 Å². The first-order valence-electron chi connectivity index (χ1n) is 32.8. The van der Waals surface area contributed by atoms with Crippen LogP contribution in [-0.2, 0) is 6.18 Å². The molecule has 10 heteroatoms. The molecule has 0 radical (unpaired) electrons. The number of nitrogens with zero attached hydrogens (tertiary/aromatic N) is 6. The summed E-state index contributed by atoms with van der Waals surface area (Å²) in [6.07, 6.45) is -4.67. The molecule has 0 atom stereocenters. The second-order valence-electron chi connectivity index (χ2n) is 25.0. The molecule has 0 bridgehead atoms. The lowest BCUT2D eigenvalue weighted by atomic mass is 9.33. The summed E-state index contributed by atoms with van der Waals surface area (Å²) >= 11 is 0. The van der Waals surface area contributed by atoms with Gasteiger partial charge in [0, 0.05) is 61.6 Å². The number of halogens is 3. The van der Waals surface area contributed by atoms with Crippen LogP contribution in [0.5, 0.6) is 0 Å². The van der Waals surface area contributed by atoms with Crippen molar-refractivity contribution in [1.82, 2.24) is 19.5 Å². The van der Waals surface area contributed by atoms with Crippen LogP contribution in [0.25, 0.3) is 117 Å². The van der Waals surface area contributed by atoms with E-state index in [2.05, 4.69) is 257 Å². The maximum absolute atomic E-state index is 15.2. The summed E-state index contributed by atoms with van der Waals surface area (Å²) < 4.78 is 47.7. The smallest absolute Gasteiger partial charge is 0.311 e. The Kier molecular flexibility index (Phi) is 14.0. The van der Waals surface area contributed by atoms with Crippen molar-refractivity contribution in [3.63, 3.8) is 0 Å². The van der Waals surface area contributed by atoms with E-state index in [1.165, 1.54) is 22.5 Å². The zero-order valence-electron chi connectivity index (χ0n) is 52.7. The van der Waals surface area contributed by atoms with Crippen LogP contribution in [0.4, 0.5) is 47.3 Å². The number of rotatable bonds is 11. The van der Waals surface area contributed by atoms with E-state index < -0.39 is 11.7 Å². The molecule has 16 aromatic rings. The van der Waals surface area contributed by atoms with Crippen LogP contribution in [0.15, 0.2) is 340 Å². The Morgan fingerprint density at radius 3 is 1.11 bits per heavy atom. The highest BCUT2D eigenvalue weighted by Gasteiger charge is 2.44. The summed E-state index contributed by atoms with van der Waals surface area (Å²) in [6.45, 7) is -0.166. The van der Waals surface area contributed by atoms with Crippen LogP contribution in [0.1, 0.15) is 5.56 Å². The minimum atomic E-state index is -4.67. The molecule has 6 nitrogen and oxygen atoms in total. The number of alkyl halides is 3. The summed E-state index contributed by atoms with van der Waals surface area (Å²) in [5, 5.41) is 1.83. The molecule has 4 heterocycles. The molecule has 0 unspecified atom stereocenters. The molecular weight excluding hydrogens is 1210 g/mol. The lowest BCUT2D eigenvalue weighted by molar-refractivity contribution is -0.137. The summed E-state index contributed by atoms with van der Waals surface area (Å²) in [5.74, 6) is 0.783. The van der Waals surface area contributed by atoms with Gasteiger partial charge in [-0.15, -0.1) is 0 Å². The Morgan fingerprint density at radius 1 is 0.265 bits per heavy atom. The third-order valence-electron chi connectivity index (χ3n) is 19.2. The third kappa shape index (κ3) is 10.1. The van der Waals surface area contributed by atoms with E-state index in [0.717, 1.165) is 118 Å². The zero-order valence-corrected chi connectivity index (χ0v) is 52.7. The molecule has 0 saturated carbocycles. The second-order valence-corrected chi connectivity index (χ2v) is 25.0. The van der Waals surface area contributed by atoms with Gasteiger partial charge in [0.25, 0.3) is 6.71 Å². The normalized spacial score (nSPS) is 12.4. The first kappa shape index (κ1) is 58.0. The first-order chi connectivity index (χ1) is 48.2. The van der Waals surface area contributed by atoms with Gasteiger partial charge in [0.05, 0.1) is 22.3 Å². The fraction of sp³-hybridized carbons (Fsp3) is 0.0114. The third-order valence-corrected chi connectivity index (χ3v) is 19.2. The fourth-order valence-electron chi connectivity index (χ4n) is 14.7. The van der Waals surface area contributed by atoms with Crippen LogP contribution in [0.2, 0.25) is 0 Å². The SMILES string of the molecule is FC(F)(F)c1ccc(-n2c3ccccc3c3cc(-c4cc5c6c(c4)N(c4cc(-c7ccccc7)cc(-c7ccccc7)c4)c4ccccc4B6c4ccccc4N5c4cc(-c5ccccc5)cc(-c5ccccc5)c4)ccc32)c(-c2nc(-c3ccccc3)nc(-c3ccccc3)n2)c1. The number of aromatic nitrogens is 4. The molecule has 2 aliphatic heterocycles. The van der Waals surface area contributed by atoms with Crippen molar-refractivity contribution in [3.05, 3.63) is 345 Å². The minimum absolute atomic E-state index is 0.107. The Hall–Kier alpha value is -12.7. The van der Waals surface area contributed by atoms with E-state index >= 15 is 13.2 Å². The van der Waals surface area contributed by atoms with Crippen molar-refractivity contribution in [2.75, 3.05) is 9.80 Å². The van der Waals surface area contributed by atoms with Gasteiger partial charge in [-0.05, 0) is 169 Å². The van der Waals surface area contributed by atoms with E-state index in [0.29, 0.717) is 28.5 Å². The number of hydrogen-bond acceptors (Lipinski definition) is 5. The Morgan fingerprint density at radius 2 is 0.653 bits per heavy atom. The highest BCUT2D eigenvalue weighted by Crippen LogP contribution is 2.50. The summed E-state index contributed by atoms with van der Waals surface area (Å²) in [6, 6.07) is 116. The van der Waals surface area contributed by atoms with E-state index in [1.54, 1.807) is 6.07 Å². The number of benzene rings is 14. The zero-order chi connectivity index (χ0) is 65.4. The molecule has 0 saturated heterocycles. The van der Waals surface area contributed by atoms with Crippen LogP contribution in [-0.4, -0.2) is 26.2 Å². The van der Waals surface area contributed by atoms with Crippen LogP contribution < -0.4 is 26.2 Å². The molecular formula is C88H56BF3N6. The molecule has 98 heavy (non-hydrogen) atoms. The Balaban J connectivity index is 0.901. The number of anilines is 6. The summed E-state index contributed by atoms with van der Waals surface area (Å²) in [7, 11) is 0. The van der Waals surface area contributed by atoms with E-state index in [9.17, 15) is 0 Å². The molecule has 0 amide bonds. The average Bonchev–Trinajstić information content (AvgIpc) is 0.748. The Bertz CT molecular complexity index is 5380. The van der Waals surface area contributed by atoms with Gasteiger partial charge < -0.3 is 14.4 Å². The predicted octanol–water partition coefficient (Wildman–Crippen LogP) is 21.4. The van der Waals surface area contributed by atoms with Crippen LogP contribution >= 0.6 is 0 Å². The minimum Gasteiger partial charge on any atom is -0.311 e. The molecule has 14 aromatic carbocycles. The largest absolute Gasteiger partial charge is 0.416 e. The topological polar surface area (TPSA) is 50.1 Å². The second kappa shape index (κ2) is 23.7. The number of fused-ring (bicyclic) bond motifs is 7. The van der Waals surface area contributed by atoms with Crippen molar-refractivity contribution in [2.45, 2.75) is 6.18 Å². The van der Waals surface area contributed by atoms with Gasteiger partial charge in [-0.1, -0.05) is 243 Å². The first-order valence-corrected chi connectivity index (χ1v) is 32.8. The van der Waals surface area contributed by atoms with Crippen LogP contribution in [0, 0.1) is 0 Å². The number of hydrogen-bond donors (Lipinski definition) is 0. The van der Waals surface area contributed by atoms with Gasteiger partial charge in [-0.3, -0.25) is 0 Å². The van der Waals surface area contributed by atoms with Crippen molar-refractivity contribution in [2.24, 2.45) is 0 Å². The molecule has 0 fully saturated rings. The molecule has 0 aliphatic carbocycles. The maximum Gasteiger partial charge on any atom is 0.416 e. The van der Waals surface area contributed by atoms with Gasteiger partial charge in [0.15, 0.2) is 17.5 Å². The van der Waals surface area contributed by atoms with Crippen molar-refractivity contribution < 1.29 is 13.2 Å². The predicted molar refractivity (Wildman–Crippen MR) is 397 cm³/mol. The fourth-order valence-corrected chi connectivity index (χ4v) is 14.7. The van der Waals surface area contributed by atoms with Gasteiger partial charge in [0.1, 0.15) is 0 Å². The van der Waals surface area contributed by atoms with E-state index in [-0.39, 0.29) is 18.1 Å². The van der Waals surface area contributed by atoms with E-state index in [1.807, 2.05) is 78.9 Å². The molecule has 2 aromatic heterocycles. The van der Waals surface area contributed by atoms with Crippen LogP contribution in [0.3, 0.4) is 0 Å². The molecule has 0 spiro atoms. The average molecular weight is 1270 g/mol. The number of para-hydroxylation sites is 3. The molecule has 462 valence electrons. The molecule has 18 rings (SSSR count). The van der Waals surface area contributed by atoms with Gasteiger partial charge in [-0.2, -0.15) is 13.2 Å². The maximum atomic E-state index is 15.2. The van der Waals surface area contributed by atoms with Crippen molar-refractivity contribution in [3.8, 4) is 95.5 Å². The summed E-state index contributed by atoms with van der Waals surface area (Å²) in [5.41, 5.74) is 23.4. The lowest BCUT2D eigenvalue weighted by Crippen LogP contribution is -2.61. The molecule has 0 N–H and O–H groups in total. The lowest BCUT2D eigenvalue weighted by Gasteiger charge is -2.44. The highest BCUT2D eigenvalue weighted by molar-refractivity contribution is 7.00.